The van der Waals surface area contributed by atoms with Crippen LogP contribution >= 0.6 is 0 Å². The molecule has 2 aromatic rings. The summed E-state index contributed by atoms with van der Waals surface area (Å²) in [5, 5.41) is 2.76. The fraction of sp³-hybridized carbons (Fsp3) is 0.235. The van der Waals surface area contributed by atoms with Gasteiger partial charge < -0.3 is 5.32 Å². The van der Waals surface area contributed by atoms with Gasteiger partial charge in [-0.2, -0.15) is 0 Å². The minimum absolute atomic E-state index is 0.120. The maximum Gasteiger partial charge on any atom is 0.251 e. The van der Waals surface area contributed by atoms with Crippen LogP contribution in [-0.4, -0.2) is 26.9 Å². The van der Waals surface area contributed by atoms with Gasteiger partial charge in [0.15, 0.2) is 0 Å². The molecule has 0 spiro atoms. The number of aryl methyl sites for hydroxylation is 1. The molecule has 1 amide bonds. The third kappa shape index (κ3) is 4.91. The average molecular weight is 332 g/mol. The van der Waals surface area contributed by atoms with Crippen molar-refractivity contribution >= 4 is 15.9 Å². The molecule has 0 aromatic heterocycles. The maximum atomic E-state index is 12.2. The minimum Gasteiger partial charge on any atom is -0.348 e. The number of rotatable bonds is 6. The van der Waals surface area contributed by atoms with E-state index >= 15 is 0 Å². The quantitative estimate of drug-likeness (QED) is 0.850. The second-order valence-corrected chi connectivity index (χ2v) is 7.17. The van der Waals surface area contributed by atoms with E-state index in [4.69, 9.17) is 0 Å². The highest BCUT2D eigenvalue weighted by molar-refractivity contribution is 7.89. The molecule has 0 saturated carbocycles. The van der Waals surface area contributed by atoms with E-state index in [9.17, 15) is 13.2 Å². The van der Waals surface area contributed by atoms with E-state index in [1.807, 2.05) is 13.0 Å². The van der Waals surface area contributed by atoms with Gasteiger partial charge in [-0.25, -0.2) is 13.1 Å². The lowest BCUT2D eigenvalue weighted by atomic mass is 10.2. The third-order valence-corrected chi connectivity index (χ3v) is 4.76. The molecule has 0 bridgehead atoms. The van der Waals surface area contributed by atoms with E-state index in [1.54, 1.807) is 55.5 Å². The first-order valence-corrected chi connectivity index (χ1v) is 8.79. The van der Waals surface area contributed by atoms with E-state index in [2.05, 4.69) is 10.0 Å². The van der Waals surface area contributed by atoms with Gasteiger partial charge in [-0.1, -0.05) is 35.9 Å². The van der Waals surface area contributed by atoms with E-state index in [1.165, 1.54) is 0 Å². The van der Waals surface area contributed by atoms with Gasteiger partial charge in [0.2, 0.25) is 10.0 Å². The molecule has 1 atom stereocenters. The molecule has 0 radical (unpaired) electrons. The zero-order valence-corrected chi connectivity index (χ0v) is 13.9. The van der Waals surface area contributed by atoms with Crippen LogP contribution < -0.4 is 10.0 Å². The summed E-state index contributed by atoms with van der Waals surface area (Å²) in [7, 11) is -3.57. The average Bonchev–Trinajstić information content (AvgIpc) is 2.54. The van der Waals surface area contributed by atoms with Crippen LogP contribution in [0.2, 0.25) is 0 Å². The number of hydrogen-bond acceptors (Lipinski definition) is 3. The second kappa shape index (κ2) is 7.39. The predicted molar refractivity (Wildman–Crippen MR) is 89.7 cm³/mol. The summed E-state index contributed by atoms with van der Waals surface area (Å²) in [5.41, 5.74) is 1.54. The van der Waals surface area contributed by atoms with Crippen molar-refractivity contribution in [3.8, 4) is 0 Å². The van der Waals surface area contributed by atoms with Crippen LogP contribution in [0.25, 0.3) is 0 Å². The van der Waals surface area contributed by atoms with Gasteiger partial charge in [0.25, 0.3) is 5.91 Å². The van der Waals surface area contributed by atoms with Gasteiger partial charge in [-0.3, -0.25) is 4.79 Å². The van der Waals surface area contributed by atoms with E-state index in [0.717, 1.165) is 5.56 Å². The Kier molecular flexibility index (Phi) is 5.52. The lowest BCUT2D eigenvalue weighted by Gasteiger charge is -2.15. The minimum atomic E-state index is -3.57. The Balaban J connectivity index is 1.92. The summed E-state index contributed by atoms with van der Waals surface area (Å²) in [6, 6.07) is 15.1. The summed E-state index contributed by atoms with van der Waals surface area (Å²) in [4.78, 5) is 12.2. The second-order valence-electron chi connectivity index (χ2n) is 5.41. The van der Waals surface area contributed by atoms with Gasteiger partial charge in [0, 0.05) is 18.2 Å². The molecule has 0 fully saturated rings. The molecule has 2 aromatic carbocycles. The smallest absolute Gasteiger partial charge is 0.251 e. The zero-order chi connectivity index (χ0) is 16.9. The molecule has 2 rings (SSSR count). The van der Waals surface area contributed by atoms with E-state index in [-0.39, 0.29) is 23.4 Å². The van der Waals surface area contributed by atoms with Gasteiger partial charge in [-0.05, 0) is 38.1 Å². The number of amides is 1. The molecule has 6 heteroatoms. The fourth-order valence-corrected chi connectivity index (χ4v) is 3.11. The van der Waals surface area contributed by atoms with Gasteiger partial charge in [-0.15, -0.1) is 0 Å². The number of benzene rings is 2. The number of carbonyl (C=O) groups is 1. The molecule has 0 aliphatic carbocycles. The molecular weight excluding hydrogens is 312 g/mol. The van der Waals surface area contributed by atoms with Crippen LogP contribution in [0.15, 0.2) is 59.5 Å². The van der Waals surface area contributed by atoms with Crippen molar-refractivity contribution in [2.45, 2.75) is 24.8 Å². The SMILES string of the molecule is Cc1ccc(S(=O)(=O)NC[C@H](C)NC(=O)c2ccccc2)cc1. The molecule has 122 valence electrons. The lowest BCUT2D eigenvalue weighted by Crippen LogP contribution is -2.41. The topological polar surface area (TPSA) is 75.3 Å². The molecule has 2 N–H and O–H groups in total. The van der Waals surface area contributed by atoms with Gasteiger partial charge in [0.1, 0.15) is 0 Å². The lowest BCUT2D eigenvalue weighted by molar-refractivity contribution is 0.0940. The number of sulfonamides is 1. The summed E-state index contributed by atoms with van der Waals surface area (Å²) in [6.45, 7) is 3.76. The van der Waals surface area contributed by atoms with Crippen LogP contribution in [0.3, 0.4) is 0 Å². The van der Waals surface area contributed by atoms with Crippen LogP contribution in [-0.2, 0) is 10.0 Å². The highest BCUT2D eigenvalue weighted by Gasteiger charge is 2.16. The van der Waals surface area contributed by atoms with Crippen LogP contribution in [0, 0.1) is 6.92 Å². The first kappa shape index (κ1) is 17.2. The largest absolute Gasteiger partial charge is 0.348 e. The summed E-state index contributed by atoms with van der Waals surface area (Å²) in [6.07, 6.45) is 0. The molecule has 5 nitrogen and oxygen atoms in total. The Bertz CT molecular complexity index is 756. The highest BCUT2D eigenvalue weighted by atomic mass is 32.2. The van der Waals surface area contributed by atoms with E-state index < -0.39 is 10.0 Å². The van der Waals surface area contributed by atoms with Crippen molar-refractivity contribution in [1.82, 2.24) is 10.0 Å². The molecule has 0 saturated heterocycles. The maximum absolute atomic E-state index is 12.2. The predicted octanol–water partition coefficient (Wildman–Crippen LogP) is 2.09. The molecule has 0 unspecified atom stereocenters. The van der Waals surface area contributed by atoms with Gasteiger partial charge >= 0.3 is 0 Å². The molecule has 0 aliphatic heterocycles. The van der Waals surface area contributed by atoms with Crippen LogP contribution in [0.5, 0.6) is 0 Å². The van der Waals surface area contributed by atoms with Crippen molar-refractivity contribution < 1.29 is 13.2 Å². The monoisotopic (exact) mass is 332 g/mol. The molecule has 0 aliphatic rings. The Morgan fingerprint density at radius 2 is 1.65 bits per heavy atom. The molecule has 0 heterocycles. The summed E-state index contributed by atoms with van der Waals surface area (Å²) >= 11 is 0. The van der Waals surface area contributed by atoms with Crippen molar-refractivity contribution in [3.05, 3.63) is 65.7 Å². The third-order valence-electron chi connectivity index (χ3n) is 3.32. The fourth-order valence-electron chi connectivity index (χ4n) is 1.98. The zero-order valence-electron chi connectivity index (χ0n) is 13.1. The van der Waals surface area contributed by atoms with Crippen LogP contribution in [0.1, 0.15) is 22.8 Å². The standard InChI is InChI=1S/C17H20N2O3S/c1-13-8-10-16(11-9-13)23(21,22)18-12-14(2)19-17(20)15-6-4-3-5-7-15/h3-11,14,18H,12H2,1-2H3,(H,19,20)/t14-/m0/s1. The Labute approximate surface area is 136 Å². The number of hydrogen-bond donors (Lipinski definition) is 2. The van der Waals surface area contributed by atoms with Crippen molar-refractivity contribution in [3.63, 3.8) is 0 Å². The van der Waals surface area contributed by atoms with Crippen LogP contribution in [0.4, 0.5) is 0 Å². The summed E-state index contributed by atoms with van der Waals surface area (Å²) < 4.78 is 26.9. The Hall–Kier alpha value is -2.18. The Morgan fingerprint density at radius 1 is 1.04 bits per heavy atom. The Morgan fingerprint density at radius 3 is 2.26 bits per heavy atom. The summed E-state index contributed by atoms with van der Waals surface area (Å²) in [5.74, 6) is -0.229. The van der Waals surface area contributed by atoms with E-state index in [0.29, 0.717) is 5.56 Å². The number of nitrogens with one attached hydrogen (secondary N) is 2. The van der Waals surface area contributed by atoms with Gasteiger partial charge in [0.05, 0.1) is 4.90 Å². The number of carbonyl (C=O) groups excluding carboxylic acids is 1. The van der Waals surface area contributed by atoms with Crippen molar-refractivity contribution in [2.24, 2.45) is 0 Å². The molecule has 23 heavy (non-hydrogen) atoms. The highest BCUT2D eigenvalue weighted by Crippen LogP contribution is 2.09. The van der Waals surface area contributed by atoms with Crippen molar-refractivity contribution in [1.29, 1.82) is 0 Å². The first-order chi connectivity index (χ1) is 10.9. The molecular formula is C17H20N2O3S. The van der Waals surface area contributed by atoms with Crippen molar-refractivity contribution in [2.75, 3.05) is 6.54 Å². The normalized spacial score (nSPS) is 12.6. The first-order valence-electron chi connectivity index (χ1n) is 7.31.